The van der Waals surface area contributed by atoms with Gasteiger partial charge in [-0.2, -0.15) is 0 Å². The summed E-state index contributed by atoms with van der Waals surface area (Å²) < 4.78 is 13.0. The summed E-state index contributed by atoms with van der Waals surface area (Å²) in [5.41, 5.74) is 1.48. The van der Waals surface area contributed by atoms with Gasteiger partial charge < -0.3 is 14.1 Å². The maximum atomic E-state index is 13.7. The van der Waals surface area contributed by atoms with E-state index < -0.39 is 11.6 Å². The van der Waals surface area contributed by atoms with Crippen LogP contribution in [0.15, 0.2) is 76.1 Å². The van der Waals surface area contributed by atoms with Crippen molar-refractivity contribution in [1.82, 2.24) is 30.1 Å². The summed E-state index contributed by atoms with van der Waals surface area (Å²) in [7, 11) is 1.62. The standard InChI is InChI=1S/C29H31ClN6O3/c1-5-29(2,3)36-27(32-33-34-36)26(23-16-20-15-21(38-4)12-13-25(20)31-28(23)37)35(18-22-10-8-14-39-22)17-19-9-6-7-11-24(19)30/h6-16,26H,5,17-18H2,1-4H3,(H,31,37). The molecule has 3 heterocycles. The summed E-state index contributed by atoms with van der Waals surface area (Å²) in [6.45, 7) is 7.03. The summed E-state index contributed by atoms with van der Waals surface area (Å²) in [6, 6.07) is 18.2. The van der Waals surface area contributed by atoms with Crippen LogP contribution in [0.5, 0.6) is 5.75 Å². The fourth-order valence-electron chi connectivity index (χ4n) is 4.66. The molecule has 0 radical (unpaired) electrons. The number of ether oxygens (including phenoxy) is 1. The fraction of sp³-hybridized carbons (Fsp3) is 0.310. The predicted molar refractivity (Wildman–Crippen MR) is 150 cm³/mol. The number of nitrogens with one attached hydrogen (secondary N) is 1. The number of aromatic nitrogens is 5. The molecule has 5 rings (SSSR count). The van der Waals surface area contributed by atoms with Gasteiger partial charge in [0.25, 0.3) is 5.56 Å². The number of hydrogen-bond acceptors (Lipinski definition) is 7. The molecule has 0 aliphatic rings. The van der Waals surface area contributed by atoms with Gasteiger partial charge in [-0.3, -0.25) is 9.69 Å². The smallest absolute Gasteiger partial charge is 0.253 e. The first-order valence-electron chi connectivity index (χ1n) is 12.8. The Hall–Kier alpha value is -3.95. The van der Waals surface area contributed by atoms with Crippen molar-refractivity contribution in [2.45, 2.75) is 51.9 Å². The second-order valence-corrected chi connectivity index (χ2v) is 10.5. The number of rotatable bonds is 10. The Balaban J connectivity index is 1.75. The van der Waals surface area contributed by atoms with Crippen LogP contribution >= 0.6 is 11.6 Å². The molecule has 39 heavy (non-hydrogen) atoms. The number of benzene rings is 2. The van der Waals surface area contributed by atoms with Crippen LogP contribution in [0.4, 0.5) is 0 Å². The summed E-state index contributed by atoms with van der Waals surface area (Å²) in [4.78, 5) is 18.9. The number of aromatic amines is 1. The van der Waals surface area contributed by atoms with Crippen molar-refractivity contribution in [2.24, 2.45) is 0 Å². The van der Waals surface area contributed by atoms with Gasteiger partial charge >= 0.3 is 0 Å². The first-order chi connectivity index (χ1) is 18.8. The zero-order chi connectivity index (χ0) is 27.6. The normalized spacial score (nSPS) is 12.8. The fourth-order valence-corrected chi connectivity index (χ4v) is 4.86. The molecular weight excluding hydrogens is 516 g/mol. The lowest BCUT2D eigenvalue weighted by Gasteiger charge is -2.33. The molecule has 0 spiro atoms. The molecule has 1 atom stereocenters. The number of H-pyrrole nitrogens is 1. The Labute approximate surface area is 231 Å². The topological polar surface area (TPSA) is 102 Å². The highest BCUT2D eigenvalue weighted by atomic mass is 35.5. The SMILES string of the molecule is CCC(C)(C)n1nnnc1C(c1cc2cc(OC)ccc2[nH]c1=O)N(Cc1ccco1)Cc1ccccc1Cl. The van der Waals surface area contributed by atoms with Crippen LogP contribution < -0.4 is 10.3 Å². The minimum atomic E-state index is -0.633. The number of hydrogen-bond donors (Lipinski definition) is 1. The van der Waals surface area contributed by atoms with Crippen molar-refractivity contribution in [1.29, 1.82) is 0 Å². The molecule has 3 aromatic heterocycles. The third-order valence-electron chi connectivity index (χ3n) is 7.19. The summed E-state index contributed by atoms with van der Waals surface area (Å²) in [6.07, 6.45) is 2.42. The molecule has 2 aromatic carbocycles. The number of furan rings is 1. The average Bonchev–Trinajstić information content (AvgIpc) is 3.63. The van der Waals surface area contributed by atoms with E-state index in [1.54, 1.807) is 13.4 Å². The molecule has 9 nitrogen and oxygen atoms in total. The van der Waals surface area contributed by atoms with Gasteiger partial charge in [0.2, 0.25) is 0 Å². The molecule has 5 aromatic rings. The number of methoxy groups -OCH3 is 1. The lowest BCUT2D eigenvalue weighted by Crippen LogP contribution is -2.38. The van der Waals surface area contributed by atoms with E-state index in [1.165, 1.54) is 0 Å². The van der Waals surface area contributed by atoms with Crippen LogP contribution in [0.25, 0.3) is 10.9 Å². The van der Waals surface area contributed by atoms with E-state index in [-0.39, 0.29) is 5.56 Å². The van der Waals surface area contributed by atoms with E-state index in [2.05, 4.69) is 46.2 Å². The summed E-state index contributed by atoms with van der Waals surface area (Å²) >= 11 is 6.62. The van der Waals surface area contributed by atoms with Crippen molar-refractivity contribution in [3.8, 4) is 5.75 Å². The lowest BCUT2D eigenvalue weighted by molar-refractivity contribution is 0.168. The Kier molecular flexibility index (Phi) is 7.54. The van der Waals surface area contributed by atoms with E-state index >= 15 is 0 Å². The van der Waals surface area contributed by atoms with Crippen LogP contribution in [-0.4, -0.2) is 37.2 Å². The van der Waals surface area contributed by atoms with Crippen molar-refractivity contribution >= 4 is 22.5 Å². The van der Waals surface area contributed by atoms with Crippen LogP contribution in [0.2, 0.25) is 5.02 Å². The number of halogens is 1. The minimum absolute atomic E-state index is 0.231. The molecule has 0 bridgehead atoms. The van der Waals surface area contributed by atoms with Gasteiger partial charge in [0, 0.05) is 28.0 Å². The molecule has 0 aliphatic heterocycles. The van der Waals surface area contributed by atoms with Crippen LogP contribution in [0, 0.1) is 0 Å². The second kappa shape index (κ2) is 11.0. The van der Waals surface area contributed by atoms with E-state index in [4.69, 9.17) is 20.8 Å². The number of fused-ring (bicyclic) bond motifs is 1. The minimum Gasteiger partial charge on any atom is -0.497 e. The maximum Gasteiger partial charge on any atom is 0.253 e. The van der Waals surface area contributed by atoms with Crippen molar-refractivity contribution < 1.29 is 9.15 Å². The lowest BCUT2D eigenvalue weighted by atomic mass is 9.98. The molecule has 1 unspecified atom stereocenters. The first-order valence-corrected chi connectivity index (χ1v) is 13.2. The molecule has 10 heteroatoms. The molecule has 202 valence electrons. The summed E-state index contributed by atoms with van der Waals surface area (Å²) in [5, 5.41) is 14.4. The van der Waals surface area contributed by atoms with E-state index in [0.717, 1.165) is 23.1 Å². The molecule has 0 amide bonds. The predicted octanol–water partition coefficient (Wildman–Crippen LogP) is 5.71. The van der Waals surface area contributed by atoms with E-state index in [9.17, 15) is 4.79 Å². The van der Waals surface area contributed by atoms with Crippen LogP contribution in [0.1, 0.15) is 55.9 Å². The van der Waals surface area contributed by atoms with E-state index in [1.807, 2.05) is 65.3 Å². The van der Waals surface area contributed by atoms with Gasteiger partial charge in [-0.1, -0.05) is 36.7 Å². The molecule has 0 fully saturated rings. The Morgan fingerprint density at radius 3 is 2.67 bits per heavy atom. The van der Waals surface area contributed by atoms with Gasteiger partial charge in [-0.05, 0) is 78.7 Å². The van der Waals surface area contributed by atoms with Crippen LogP contribution in [-0.2, 0) is 18.6 Å². The molecule has 0 saturated heterocycles. The molecule has 1 N–H and O–H groups in total. The monoisotopic (exact) mass is 546 g/mol. The quantitative estimate of drug-likeness (QED) is 0.239. The highest BCUT2D eigenvalue weighted by molar-refractivity contribution is 6.31. The largest absolute Gasteiger partial charge is 0.497 e. The third-order valence-corrected chi connectivity index (χ3v) is 7.56. The van der Waals surface area contributed by atoms with Gasteiger partial charge in [0.05, 0.1) is 25.5 Å². The highest BCUT2D eigenvalue weighted by Gasteiger charge is 2.35. The zero-order valence-electron chi connectivity index (χ0n) is 22.4. The average molecular weight is 547 g/mol. The van der Waals surface area contributed by atoms with Crippen molar-refractivity contribution in [3.63, 3.8) is 0 Å². The van der Waals surface area contributed by atoms with Gasteiger partial charge in [0.15, 0.2) is 5.82 Å². The zero-order valence-corrected chi connectivity index (χ0v) is 23.1. The van der Waals surface area contributed by atoms with Crippen molar-refractivity contribution in [3.05, 3.63) is 105 Å². The van der Waals surface area contributed by atoms with E-state index in [0.29, 0.717) is 40.8 Å². The number of pyridine rings is 1. The second-order valence-electron chi connectivity index (χ2n) is 10.1. The molecular formula is C29H31ClN6O3. The van der Waals surface area contributed by atoms with Gasteiger partial charge in [-0.15, -0.1) is 5.10 Å². The Morgan fingerprint density at radius 1 is 1.13 bits per heavy atom. The Bertz CT molecular complexity index is 1630. The summed E-state index contributed by atoms with van der Waals surface area (Å²) in [5.74, 6) is 1.98. The van der Waals surface area contributed by atoms with Gasteiger partial charge in [-0.25, -0.2) is 4.68 Å². The number of nitrogens with zero attached hydrogens (tertiary/aromatic N) is 5. The van der Waals surface area contributed by atoms with Crippen molar-refractivity contribution in [2.75, 3.05) is 7.11 Å². The first kappa shape index (κ1) is 26.6. The maximum absolute atomic E-state index is 13.7. The van der Waals surface area contributed by atoms with Gasteiger partial charge in [0.1, 0.15) is 17.6 Å². The molecule has 0 saturated carbocycles. The highest BCUT2D eigenvalue weighted by Crippen LogP contribution is 2.34. The third kappa shape index (κ3) is 5.46. The Morgan fingerprint density at radius 2 is 1.95 bits per heavy atom. The number of tetrazole rings is 1. The van der Waals surface area contributed by atoms with Crippen LogP contribution in [0.3, 0.4) is 0 Å². The molecule has 0 aliphatic carbocycles.